The number of benzene rings is 1. The lowest BCUT2D eigenvalue weighted by Crippen LogP contribution is -2.46. The second-order valence-electron chi connectivity index (χ2n) is 8.39. The van der Waals surface area contributed by atoms with Gasteiger partial charge >= 0.3 is 0 Å². The Morgan fingerprint density at radius 3 is 2.44 bits per heavy atom. The molecule has 0 radical (unpaired) electrons. The highest BCUT2D eigenvalue weighted by Crippen LogP contribution is 2.28. The molecule has 1 aliphatic carbocycles. The van der Waals surface area contributed by atoms with Crippen molar-refractivity contribution in [1.29, 1.82) is 0 Å². The van der Waals surface area contributed by atoms with Crippen LogP contribution in [0.2, 0.25) is 0 Å². The first-order chi connectivity index (χ1) is 12.7. The molecule has 0 saturated heterocycles. The molecule has 2 N–H and O–H groups in total. The topological polar surface area (TPSA) is 71.3 Å². The molecule has 3 rings (SSSR count). The quantitative estimate of drug-likeness (QED) is 0.754. The van der Waals surface area contributed by atoms with Crippen molar-refractivity contribution in [3.05, 3.63) is 42.7 Å². The molecule has 5 nitrogen and oxygen atoms in total. The van der Waals surface area contributed by atoms with Crippen LogP contribution in [-0.4, -0.2) is 25.8 Å². The van der Waals surface area contributed by atoms with Gasteiger partial charge in [0.25, 0.3) is 0 Å². The van der Waals surface area contributed by atoms with Gasteiger partial charge in [0.05, 0.1) is 11.0 Å². The zero-order valence-electron chi connectivity index (χ0n) is 16.4. The smallest absolute Gasteiger partial charge is 0.216 e. The van der Waals surface area contributed by atoms with Crippen LogP contribution in [0.25, 0.3) is 11.3 Å². The summed E-state index contributed by atoms with van der Waals surface area (Å²) in [7, 11) is -3.27. The van der Waals surface area contributed by atoms with Gasteiger partial charge in [-0.15, -0.1) is 0 Å². The first kappa shape index (κ1) is 20.0. The van der Waals surface area contributed by atoms with E-state index in [1.54, 1.807) is 27.0 Å². The lowest BCUT2D eigenvalue weighted by Gasteiger charge is -2.31. The van der Waals surface area contributed by atoms with Gasteiger partial charge in [-0.3, -0.25) is 0 Å². The molecular weight excluding hydrogens is 360 g/mol. The van der Waals surface area contributed by atoms with E-state index < -0.39 is 14.8 Å². The predicted molar refractivity (Wildman–Crippen MR) is 110 cm³/mol. The maximum Gasteiger partial charge on any atom is 0.216 e. The monoisotopic (exact) mass is 390 g/mol. The average molecular weight is 391 g/mol. The minimum absolute atomic E-state index is 0.0627. The highest BCUT2D eigenvalue weighted by atomic mass is 32.2. The normalized spacial score (nSPS) is 21.1. The number of nitrogens with one attached hydrogen (secondary N) is 2. The molecule has 0 unspecified atom stereocenters. The van der Waals surface area contributed by atoms with Crippen molar-refractivity contribution in [1.82, 2.24) is 4.72 Å². The minimum atomic E-state index is -3.27. The van der Waals surface area contributed by atoms with E-state index in [9.17, 15) is 8.42 Å². The van der Waals surface area contributed by atoms with E-state index in [0.29, 0.717) is 5.92 Å². The number of hydrogen-bond acceptors (Lipinski definition) is 4. The average Bonchev–Trinajstić information content (AvgIpc) is 3.15. The molecule has 148 valence electrons. The molecule has 0 atom stereocenters. The van der Waals surface area contributed by atoms with Gasteiger partial charge in [0.1, 0.15) is 5.76 Å². The van der Waals surface area contributed by atoms with Gasteiger partial charge in [-0.05, 0) is 76.6 Å². The summed E-state index contributed by atoms with van der Waals surface area (Å²) in [6, 6.07) is 12.1. The van der Waals surface area contributed by atoms with Crippen LogP contribution in [0.3, 0.4) is 0 Å². The molecule has 1 aromatic heterocycles. The van der Waals surface area contributed by atoms with Gasteiger partial charge in [-0.1, -0.05) is 12.1 Å². The second kappa shape index (κ2) is 8.07. The SMILES string of the molecule is CC(C)(C)S(=O)(=O)NC1CCC(CNc2cccc(-c3ccco3)c2)CC1. The van der Waals surface area contributed by atoms with Gasteiger partial charge in [-0.2, -0.15) is 0 Å². The van der Waals surface area contributed by atoms with Gasteiger partial charge in [-0.25, -0.2) is 13.1 Å². The van der Waals surface area contributed by atoms with Crippen LogP contribution in [0.15, 0.2) is 47.1 Å². The van der Waals surface area contributed by atoms with Crippen molar-refractivity contribution in [2.24, 2.45) is 5.92 Å². The van der Waals surface area contributed by atoms with Crippen LogP contribution in [0, 0.1) is 5.92 Å². The van der Waals surface area contributed by atoms with E-state index in [2.05, 4.69) is 22.2 Å². The molecule has 0 amide bonds. The standard InChI is InChI=1S/C21H30N2O3S/c1-21(2,3)27(24,25)23-18-11-9-16(10-12-18)15-22-19-7-4-6-17(14-19)20-8-5-13-26-20/h4-8,13-14,16,18,22-23H,9-12,15H2,1-3H3. The van der Waals surface area contributed by atoms with E-state index in [4.69, 9.17) is 4.42 Å². The summed E-state index contributed by atoms with van der Waals surface area (Å²) in [6.45, 7) is 6.12. The molecule has 2 aromatic rings. The minimum Gasteiger partial charge on any atom is -0.464 e. The molecule has 0 aliphatic heterocycles. The van der Waals surface area contributed by atoms with E-state index in [1.807, 2.05) is 24.3 Å². The highest BCUT2D eigenvalue weighted by Gasteiger charge is 2.32. The van der Waals surface area contributed by atoms with E-state index in [0.717, 1.165) is 49.2 Å². The Morgan fingerprint density at radius 2 is 1.81 bits per heavy atom. The number of hydrogen-bond donors (Lipinski definition) is 2. The van der Waals surface area contributed by atoms with Crippen LogP contribution in [0.1, 0.15) is 46.5 Å². The van der Waals surface area contributed by atoms with Crippen LogP contribution in [-0.2, 0) is 10.0 Å². The number of sulfonamides is 1. The summed E-state index contributed by atoms with van der Waals surface area (Å²) in [4.78, 5) is 0. The van der Waals surface area contributed by atoms with Gasteiger partial charge < -0.3 is 9.73 Å². The van der Waals surface area contributed by atoms with Crippen molar-refractivity contribution < 1.29 is 12.8 Å². The first-order valence-corrected chi connectivity index (χ1v) is 11.1. The summed E-state index contributed by atoms with van der Waals surface area (Å²) >= 11 is 0. The molecule has 27 heavy (non-hydrogen) atoms. The molecule has 1 heterocycles. The fraction of sp³-hybridized carbons (Fsp3) is 0.524. The summed E-state index contributed by atoms with van der Waals surface area (Å²) in [5, 5.41) is 3.52. The molecule has 1 saturated carbocycles. The molecule has 6 heteroatoms. The van der Waals surface area contributed by atoms with Crippen LogP contribution >= 0.6 is 0 Å². The fourth-order valence-corrected chi connectivity index (χ4v) is 4.40. The summed E-state index contributed by atoms with van der Waals surface area (Å²) < 4.78 is 32.2. The number of furan rings is 1. The molecule has 1 aromatic carbocycles. The first-order valence-electron chi connectivity index (χ1n) is 9.64. The Hall–Kier alpha value is -1.79. The van der Waals surface area contributed by atoms with Crippen LogP contribution < -0.4 is 10.0 Å². The van der Waals surface area contributed by atoms with Crippen LogP contribution in [0.4, 0.5) is 5.69 Å². The number of anilines is 1. The predicted octanol–water partition coefficient (Wildman–Crippen LogP) is 4.64. The van der Waals surface area contributed by atoms with E-state index in [-0.39, 0.29) is 6.04 Å². The third-order valence-corrected chi connectivity index (χ3v) is 7.49. The maximum atomic E-state index is 12.3. The Bertz CT molecular complexity index is 831. The van der Waals surface area contributed by atoms with Gasteiger partial charge in [0, 0.05) is 23.8 Å². The third kappa shape index (κ3) is 5.14. The number of rotatable bonds is 6. The Morgan fingerprint density at radius 1 is 1.07 bits per heavy atom. The lowest BCUT2D eigenvalue weighted by molar-refractivity contribution is 0.322. The van der Waals surface area contributed by atoms with E-state index >= 15 is 0 Å². The highest BCUT2D eigenvalue weighted by molar-refractivity contribution is 7.90. The third-order valence-electron chi connectivity index (χ3n) is 5.24. The molecular formula is C21H30N2O3S. The van der Waals surface area contributed by atoms with Gasteiger partial charge in [0.15, 0.2) is 0 Å². The molecule has 1 fully saturated rings. The van der Waals surface area contributed by atoms with Crippen molar-refractivity contribution >= 4 is 15.7 Å². The summed E-state index contributed by atoms with van der Waals surface area (Å²) in [5.41, 5.74) is 2.14. The zero-order valence-corrected chi connectivity index (χ0v) is 17.2. The Balaban J connectivity index is 1.48. The largest absolute Gasteiger partial charge is 0.464 e. The summed E-state index contributed by atoms with van der Waals surface area (Å²) in [6.07, 6.45) is 5.54. The zero-order chi connectivity index (χ0) is 19.5. The van der Waals surface area contributed by atoms with E-state index in [1.165, 1.54) is 0 Å². The Kier molecular flexibility index (Phi) is 5.96. The molecule has 1 aliphatic rings. The van der Waals surface area contributed by atoms with Crippen LogP contribution in [0.5, 0.6) is 0 Å². The maximum absolute atomic E-state index is 12.3. The lowest BCUT2D eigenvalue weighted by atomic mass is 9.86. The van der Waals surface area contributed by atoms with Gasteiger partial charge in [0.2, 0.25) is 10.0 Å². The van der Waals surface area contributed by atoms with Crippen molar-refractivity contribution in [3.63, 3.8) is 0 Å². The Labute approximate surface area is 162 Å². The molecule has 0 spiro atoms. The fourth-order valence-electron chi connectivity index (χ4n) is 3.37. The van der Waals surface area contributed by atoms with Crippen molar-refractivity contribution in [2.75, 3.05) is 11.9 Å². The second-order valence-corrected chi connectivity index (χ2v) is 10.9. The molecule has 0 bridgehead atoms. The van der Waals surface area contributed by atoms with Crippen molar-refractivity contribution in [2.45, 2.75) is 57.2 Å². The van der Waals surface area contributed by atoms with Crippen molar-refractivity contribution in [3.8, 4) is 11.3 Å². The summed E-state index contributed by atoms with van der Waals surface area (Å²) in [5.74, 6) is 1.43.